The van der Waals surface area contributed by atoms with Crippen LogP contribution in [0.3, 0.4) is 0 Å². The zero-order chi connectivity index (χ0) is 19.4. The number of amides is 1. The fourth-order valence-corrected chi connectivity index (χ4v) is 3.50. The molecule has 0 bridgehead atoms. The van der Waals surface area contributed by atoms with Crippen LogP contribution in [-0.4, -0.2) is 23.9 Å². The van der Waals surface area contributed by atoms with Gasteiger partial charge < -0.3 is 10.2 Å². The maximum absolute atomic E-state index is 12.4. The zero-order valence-corrected chi connectivity index (χ0v) is 15.7. The number of carbonyl (C=O) groups excluding carboxylic acids is 1. The molecule has 0 aromatic heterocycles. The van der Waals surface area contributed by atoms with E-state index in [4.69, 9.17) is 0 Å². The number of nitro benzene ring substituents is 1. The van der Waals surface area contributed by atoms with Crippen molar-refractivity contribution in [2.24, 2.45) is 5.92 Å². The lowest BCUT2D eigenvalue weighted by Gasteiger charge is -2.33. The lowest BCUT2D eigenvalue weighted by Crippen LogP contribution is -2.34. The normalized spacial score (nSPS) is 18.0. The molecule has 0 radical (unpaired) electrons. The Balaban J connectivity index is 1.62. The van der Waals surface area contributed by atoms with E-state index in [2.05, 4.69) is 41.4 Å². The minimum Gasteiger partial charge on any atom is -0.371 e. The molecule has 0 saturated carbocycles. The number of nitrogens with one attached hydrogen (secondary N) is 1. The Kier molecular flexibility index (Phi) is 5.74. The summed E-state index contributed by atoms with van der Waals surface area (Å²) in [6, 6.07) is 13.8. The summed E-state index contributed by atoms with van der Waals surface area (Å²) in [7, 11) is 0. The molecule has 1 aliphatic rings. The van der Waals surface area contributed by atoms with Crippen molar-refractivity contribution in [2.45, 2.75) is 32.7 Å². The van der Waals surface area contributed by atoms with Gasteiger partial charge in [0.05, 0.1) is 11.0 Å². The van der Waals surface area contributed by atoms with Crippen LogP contribution in [0.5, 0.6) is 0 Å². The monoisotopic (exact) mass is 367 g/mol. The predicted octanol–water partition coefficient (Wildman–Crippen LogP) is 4.32. The molecule has 2 aromatic carbocycles. The van der Waals surface area contributed by atoms with Crippen LogP contribution >= 0.6 is 0 Å². The van der Waals surface area contributed by atoms with Gasteiger partial charge in [0.2, 0.25) is 0 Å². The highest BCUT2D eigenvalue weighted by molar-refractivity contribution is 5.94. The first-order valence-electron chi connectivity index (χ1n) is 9.34. The number of non-ortho nitro benzene ring substituents is 1. The van der Waals surface area contributed by atoms with Crippen LogP contribution in [-0.2, 0) is 0 Å². The van der Waals surface area contributed by atoms with E-state index in [-0.39, 0.29) is 17.6 Å². The average Bonchev–Trinajstić information content (AvgIpc) is 2.68. The summed E-state index contributed by atoms with van der Waals surface area (Å²) in [4.78, 5) is 25.0. The van der Waals surface area contributed by atoms with Crippen molar-refractivity contribution in [3.8, 4) is 0 Å². The zero-order valence-electron chi connectivity index (χ0n) is 15.7. The Hall–Kier alpha value is -2.89. The summed E-state index contributed by atoms with van der Waals surface area (Å²) >= 11 is 0. The van der Waals surface area contributed by atoms with E-state index in [0.717, 1.165) is 24.6 Å². The number of benzene rings is 2. The first-order chi connectivity index (χ1) is 12.9. The van der Waals surface area contributed by atoms with E-state index < -0.39 is 4.92 Å². The Morgan fingerprint density at radius 3 is 2.44 bits per heavy atom. The van der Waals surface area contributed by atoms with E-state index in [1.165, 1.54) is 42.8 Å². The number of hydrogen-bond donors (Lipinski definition) is 1. The molecule has 27 heavy (non-hydrogen) atoms. The molecule has 1 amide bonds. The third kappa shape index (κ3) is 4.64. The average molecular weight is 367 g/mol. The Morgan fingerprint density at radius 2 is 1.85 bits per heavy atom. The molecule has 0 aliphatic carbocycles. The smallest absolute Gasteiger partial charge is 0.269 e. The third-order valence-corrected chi connectivity index (χ3v) is 5.10. The maximum atomic E-state index is 12.4. The highest BCUT2D eigenvalue weighted by atomic mass is 16.6. The van der Waals surface area contributed by atoms with Crippen molar-refractivity contribution in [3.05, 3.63) is 69.8 Å². The van der Waals surface area contributed by atoms with E-state index in [0.29, 0.717) is 5.56 Å². The van der Waals surface area contributed by atoms with Gasteiger partial charge in [-0.2, -0.15) is 0 Å². The fourth-order valence-electron chi connectivity index (χ4n) is 3.50. The van der Waals surface area contributed by atoms with Crippen molar-refractivity contribution >= 4 is 17.3 Å². The topological polar surface area (TPSA) is 75.5 Å². The van der Waals surface area contributed by atoms with Gasteiger partial charge in [0.1, 0.15) is 0 Å². The van der Waals surface area contributed by atoms with E-state index >= 15 is 0 Å². The summed E-state index contributed by atoms with van der Waals surface area (Å²) in [5.41, 5.74) is 2.63. The van der Waals surface area contributed by atoms with Gasteiger partial charge >= 0.3 is 0 Å². The first-order valence-corrected chi connectivity index (χ1v) is 9.34. The van der Waals surface area contributed by atoms with Gasteiger partial charge in [-0.25, -0.2) is 0 Å². The van der Waals surface area contributed by atoms with Crippen LogP contribution < -0.4 is 10.2 Å². The highest BCUT2D eigenvalue weighted by Crippen LogP contribution is 2.24. The van der Waals surface area contributed by atoms with Gasteiger partial charge in [-0.05, 0) is 55.5 Å². The van der Waals surface area contributed by atoms with E-state index in [1.807, 2.05) is 6.92 Å². The molecule has 1 aliphatic heterocycles. The fraction of sp³-hybridized carbons (Fsp3) is 0.381. The van der Waals surface area contributed by atoms with Gasteiger partial charge in [0.25, 0.3) is 11.6 Å². The third-order valence-electron chi connectivity index (χ3n) is 5.10. The first kappa shape index (κ1) is 18.9. The molecular weight excluding hydrogens is 342 g/mol. The largest absolute Gasteiger partial charge is 0.371 e. The number of piperidine rings is 1. The van der Waals surface area contributed by atoms with Crippen LogP contribution in [0.1, 0.15) is 48.7 Å². The number of carbonyl (C=O) groups is 1. The van der Waals surface area contributed by atoms with Gasteiger partial charge in [-0.1, -0.05) is 19.1 Å². The number of nitrogens with zero attached hydrogens (tertiary/aromatic N) is 2. The molecule has 142 valence electrons. The van der Waals surface area contributed by atoms with Crippen LogP contribution in [0.2, 0.25) is 0 Å². The molecule has 1 saturated heterocycles. The molecule has 3 rings (SSSR count). The Morgan fingerprint density at radius 1 is 1.19 bits per heavy atom. The number of hydrogen-bond acceptors (Lipinski definition) is 4. The molecule has 2 atom stereocenters. The minimum absolute atomic E-state index is 0.0257. The van der Waals surface area contributed by atoms with Crippen LogP contribution in [0.4, 0.5) is 11.4 Å². The van der Waals surface area contributed by atoms with Gasteiger partial charge in [0.15, 0.2) is 0 Å². The van der Waals surface area contributed by atoms with Crippen molar-refractivity contribution in [2.75, 3.05) is 18.0 Å². The lowest BCUT2D eigenvalue weighted by molar-refractivity contribution is -0.384. The highest BCUT2D eigenvalue weighted by Gasteiger charge is 2.17. The maximum Gasteiger partial charge on any atom is 0.269 e. The van der Waals surface area contributed by atoms with Gasteiger partial charge in [-0.15, -0.1) is 0 Å². The summed E-state index contributed by atoms with van der Waals surface area (Å²) in [6.45, 7) is 6.40. The van der Waals surface area contributed by atoms with Crippen molar-refractivity contribution in [3.63, 3.8) is 0 Å². The molecule has 0 unspecified atom stereocenters. The van der Waals surface area contributed by atoms with Gasteiger partial charge in [-0.3, -0.25) is 14.9 Å². The Bertz CT molecular complexity index is 802. The molecule has 1 N–H and O–H groups in total. The molecule has 2 aromatic rings. The molecule has 6 nitrogen and oxygen atoms in total. The number of nitro groups is 1. The van der Waals surface area contributed by atoms with Crippen LogP contribution in [0.25, 0.3) is 0 Å². The summed E-state index contributed by atoms with van der Waals surface area (Å²) in [6.07, 6.45) is 2.52. The molecular formula is C21H25N3O3. The SMILES string of the molecule is C[C@@H]1CCCN(c2ccc([C@@H](C)NC(=O)c3ccc([N+](=O)[O-])cc3)cc2)C1. The molecule has 6 heteroatoms. The second-order valence-corrected chi connectivity index (χ2v) is 7.28. The van der Waals surface area contributed by atoms with Gasteiger partial charge in [0, 0.05) is 36.5 Å². The standard InChI is InChI=1S/C21H25N3O3/c1-15-4-3-13-23(14-15)19-9-5-17(6-10-19)16(2)22-21(25)18-7-11-20(12-8-18)24(26)27/h5-12,15-16H,3-4,13-14H2,1-2H3,(H,22,25)/t15-,16-/m1/s1. The molecule has 1 fully saturated rings. The van der Waals surface area contributed by atoms with Crippen molar-refractivity contribution in [1.82, 2.24) is 5.32 Å². The summed E-state index contributed by atoms with van der Waals surface area (Å²) in [5.74, 6) is 0.477. The molecule has 1 heterocycles. The van der Waals surface area contributed by atoms with Crippen LogP contribution in [0.15, 0.2) is 48.5 Å². The van der Waals surface area contributed by atoms with Crippen molar-refractivity contribution in [1.29, 1.82) is 0 Å². The summed E-state index contributed by atoms with van der Waals surface area (Å²) < 4.78 is 0. The number of anilines is 1. The Labute approximate surface area is 159 Å². The van der Waals surface area contributed by atoms with E-state index in [1.54, 1.807) is 0 Å². The second kappa shape index (κ2) is 8.20. The van der Waals surface area contributed by atoms with E-state index in [9.17, 15) is 14.9 Å². The lowest BCUT2D eigenvalue weighted by atomic mass is 9.99. The minimum atomic E-state index is -0.477. The predicted molar refractivity (Wildman–Crippen MR) is 106 cm³/mol. The second-order valence-electron chi connectivity index (χ2n) is 7.28. The van der Waals surface area contributed by atoms with Crippen molar-refractivity contribution < 1.29 is 9.72 Å². The van der Waals surface area contributed by atoms with Crippen LogP contribution in [0, 0.1) is 16.0 Å². The summed E-state index contributed by atoms with van der Waals surface area (Å²) in [5, 5.41) is 13.7. The molecule has 0 spiro atoms. The number of rotatable bonds is 5. The quantitative estimate of drug-likeness (QED) is 0.631.